The van der Waals surface area contributed by atoms with E-state index in [1.54, 1.807) is 41.2 Å². The number of ether oxygens (including phenoxy) is 1. The molecule has 1 aliphatic heterocycles. The Morgan fingerprint density at radius 2 is 2.03 bits per heavy atom. The smallest absolute Gasteiger partial charge is 0.226 e. The minimum atomic E-state index is -0.335. The lowest BCUT2D eigenvalue weighted by Crippen LogP contribution is -2.27. The van der Waals surface area contributed by atoms with Crippen molar-refractivity contribution in [3.63, 3.8) is 0 Å². The van der Waals surface area contributed by atoms with Crippen LogP contribution in [0.25, 0.3) is 16.7 Å². The van der Waals surface area contributed by atoms with E-state index in [0.717, 1.165) is 18.7 Å². The van der Waals surface area contributed by atoms with Crippen molar-refractivity contribution in [3.05, 3.63) is 60.4 Å². The quantitative estimate of drug-likeness (QED) is 0.310. The molecule has 5 heterocycles. The number of rotatable bonds is 7. The van der Waals surface area contributed by atoms with Crippen LogP contribution in [0.15, 0.2) is 55.4 Å². The second-order valence-electron chi connectivity index (χ2n) is 9.45. The molecular formula is C26H26ClN9O2. The van der Waals surface area contributed by atoms with E-state index in [1.165, 1.54) is 12.7 Å². The molecule has 6 rings (SSSR count). The first-order chi connectivity index (χ1) is 18.5. The van der Waals surface area contributed by atoms with Crippen molar-refractivity contribution in [2.24, 2.45) is 11.8 Å². The third-order valence-corrected chi connectivity index (χ3v) is 7.20. The highest BCUT2D eigenvalue weighted by atomic mass is 35.5. The summed E-state index contributed by atoms with van der Waals surface area (Å²) in [6, 6.07) is 8.98. The number of aromatic nitrogens is 7. The lowest BCUT2D eigenvalue weighted by atomic mass is 9.91. The van der Waals surface area contributed by atoms with Gasteiger partial charge in [-0.2, -0.15) is 5.10 Å². The molecule has 1 aromatic carbocycles. The van der Waals surface area contributed by atoms with Crippen molar-refractivity contribution in [1.29, 1.82) is 0 Å². The van der Waals surface area contributed by atoms with Crippen LogP contribution in [0.4, 0.5) is 17.5 Å². The van der Waals surface area contributed by atoms with E-state index in [2.05, 4.69) is 42.2 Å². The zero-order valence-electron chi connectivity index (χ0n) is 20.9. The van der Waals surface area contributed by atoms with E-state index in [4.69, 9.17) is 21.3 Å². The van der Waals surface area contributed by atoms with Crippen molar-refractivity contribution in [2.75, 3.05) is 23.3 Å². The largest absolute Gasteiger partial charge is 0.456 e. The molecule has 3 atom stereocenters. The van der Waals surface area contributed by atoms with Gasteiger partial charge in [-0.25, -0.2) is 29.4 Å². The molecular weight excluding hydrogens is 506 g/mol. The summed E-state index contributed by atoms with van der Waals surface area (Å²) in [6.45, 7) is 5.65. The van der Waals surface area contributed by atoms with Crippen LogP contribution in [0.5, 0.6) is 11.5 Å². The fraction of sp³-hybridized carbons (Fsp3) is 0.308. The van der Waals surface area contributed by atoms with E-state index >= 15 is 0 Å². The van der Waals surface area contributed by atoms with Crippen LogP contribution in [-0.4, -0.2) is 58.8 Å². The zero-order chi connectivity index (χ0) is 26.2. The predicted octanol–water partition coefficient (Wildman–Crippen LogP) is 4.50. The van der Waals surface area contributed by atoms with E-state index in [9.17, 15) is 5.11 Å². The summed E-state index contributed by atoms with van der Waals surface area (Å²) in [6.07, 6.45) is 6.82. The highest BCUT2D eigenvalue weighted by molar-refractivity contribution is 6.32. The van der Waals surface area contributed by atoms with E-state index in [0.29, 0.717) is 57.4 Å². The minimum absolute atomic E-state index is 0.185. The summed E-state index contributed by atoms with van der Waals surface area (Å²) < 4.78 is 7.62. The van der Waals surface area contributed by atoms with E-state index in [1.807, 2.05) is 13.0 Å². The Bertz CT molecular complexity index is 1610. The second kappa shape index (κ2) is 9.99. The number of aliphatic hydroxyl groups excluding tert-OH is 1. The maximum atomic E-state index is 10.4. The topological polar surface area (TPSA) is 126 Å². The number of anilines is 3. The number of hydrogen-bond donors (Lipinski definition) is 2. The molecule has 2 N–H and O–H groups in total. The van der Waals surface area contributed by atoms with Gasteiger partial charge in [0, 0.05) is 37.0 Å². The summed E-state index contributed by atoms with van der Waals surface area (Å²) in [7, 11) is 0. The summed E-state index contributed by atoms with van der Waals surface area (Å²) in [5.41, 5.74) is 2.62. The molecule has 0 aliphatic carbocycles. The van der Waals surface area contributed by atoms with Crippen LogP contribution >= 0.6 is 11.6 Å². The van der Waals surface area contributed by atoms with Crippen LogP contribution in [0.1, 0.15) is 20.3 Å². The number of pyridine rings is 1. The Balaban J connectivity index is 1.23. The van der Waals surface area contributed by atoms with Gasteiger partial charge < -0.3 is 20.1 Å². The van der Waals surface area contributed by atoms with Crippen LogP contribution in [0, 0.1) is 11.8 Å². The molecule has 0 saturated carbocycles. The van der Waals surface area contributed by atoms with Crippen LogP contribution in [0.2, 0.25) is 5.02 Å². The van der Waals surface area contributed by atoms with Gasteiger partial charge in [0.25, 0.3) is 0 Å². The van der Waals surface area contributed by atoms with Crippen molar-refractivity contribution in [2.45, 2.75) is 26.4 Å². The monoisotopic (exact) mass is 531 g/mol. The molecule has 0 unspecified atom stereocenters. The molecule has 1 saturated heterocycles. The zero-order valence-corrected chi connectivity index (χ0v) is 21.6. The maximum Gasteiger partial charge on any atom is 0.226 e. The van der Waals surface area contributed by atoms with Gasteiger partial charge in [-0.15, -0.1) is 0 Å². The lowest BCUT2D eigenvalue weighted by molar-refractivity contribution is 0.0948. The summed E-state index contributed by atoms with van der Waals surface area (Å²) in [5.74, 6) is 2.77. The van der Waals surface area contributed by atoms with Gasteiger partial charge in [-0.05, 0) is 36.6 Å². The van der Waals surface area contributed by atoms with E-state index in [-0.39, 0.29) is 12.0 Å². The summed E-state index contributed by atoms with van der Waals surface area (Å²) >= 11 is 6.55. The number of aliphatic hydroxyl groups is 1. The Morgan fingerprint density at radius 3 is 2.87 bits per heavy atom. The van der Waals surface area contributed by atoms with Crippen LogP contribution in [0.3, 0.4) is 0 Å². The van der Waals surface area contributed by atoms with Gasteiger partial charge >= 0.3 is 0 Å². The minimum Gasteiger partial charge on any atom is -0.456 e. The molecule has 38 heavy (non-hydrogen) atoms. The van der Waals surface area contributed by atoms with E-state index < -0.39 is 0 Å². The Kier molecular flexibility index (Phi) is 6.38. The molecule has 0 radical (unpaired) electrons. The number of nitrogens with zero attached hydrogens (tertiary/aromatic N) is 8. The van der Waals surface area contributed by atoms with Gasteiger partial charge in [0.2, 0.25) is 5.95 Å². The van der Waals surface area contributed by atoms with Crippen molar-refractivity contribution >= 4 is 45.7 Å². The number of hydrogen-bond acceptors (Lipinski definition) is 10. The Hall–Kier alpha value is -4.09. The molecule has 0 spiro atoms. The molecule has 12 heteroatoms. The fourth-order valence-electron chi connectivity index (χ4n) is 4.83. The van der Waals surface area contributed by atoms with Gasteiger partial charge in [0.15, 0.2) is 11.5 Å². The molecule has 194 valence electrons. The van der Waals surface area contributed by atoms with Crippen molar-refractivity contribution in [1.82, 2.24) is 34.5 Å². The third kappa shape index (κ3) is 4.66. The molecule has 4 aromatic heterocycles. The van der Waals surface area contributed by atoms with Crippen LogP contribution in [-0.2, 0) is 0 Å². The number of nitrogens with one attached hydrogen (secondary N) is 1. The van der Waals surface area contributed by atoms with Gasteiger partial charge in [-0.1, -0.05) is 25.4 Å². The van der Waals surface area contributed by atoms with Gasteiger partial charge in [-0.3, -0.25) is 0 Å². The second-order valence-corrected chi connectivity index (χ2v) is 9.85. The first kappa shape index (κ1) is 24.3. The van der Waals surface area contributed by atoms with Crippen molar-refractivity contribution < 1.29 is 9.84 Å². The van der Waals surface area contributed by atoms with Gasteiger partial charge in [0.1, 0.15) is 35.2 Å². The highest BCUT2D eigenvalue weighted by Gasteiger charge is 2.35. The molecule has 0 amide bonds. The van der Waals surface area contributed by atoms with Crippen LogP contribution < -0.4 is 15.0 Å². The lowest BCUT2D eigenvalue weighted by Gasteiger charge is -2.20. The molecule has 0 bridgehead atoms. The number of halogens is 1. The van der Waals surface area contributed by atoms with Crippen molar-refractivity contribution in [3.8, 4) is 11.5 Å². The normalized spacial score (nSPS) is 18.3. The fourth-order valence-corrected chi connectivity index (χ4v) is 5.05. The number of benzene rings is 1. The number of fused-ring (bicyclic) bond motifs is 2. The highest BCUT2D eigenvalue weighted by Crippen LogP contribution is 2.34. The predicted molar refractivity (Wildman–Crippen MR) is 144 cm³/mol. The first-order valence-corrected chi connectivity index (χ1v) is 12.8. The standard InChI is InChI=1S/C26H26ClN9O2/c1-3-21(37)18-12-35(11-15(18)2)26-28-10-20-24(34-26)25(31-13-29-20)33-16-4-5-22(19(27)8-16)38-17-6-7-36-23(9-17)30-14-32-36/h4-10,13-15,18,21,37H,3,11-12H2,1-2H3,(H,29,31,33)/t15-,18+,21+/m0/s1. The maximum absolute atomic E-state index is 10.4. The Morgan fingerprint density at radius 1 is 1.13 bits per heavy atom. The summed E-state index contributed by atoms with van der Waals surface area (Å²) in [4.78, 5) is 24.4. The Labute approximate surface area is 223 Å². The molecule has 1 aliphatic rings. The first-order valence-electron chi connectivity index (χ1n) is 12.4. The molecule has 1 fully saturated rings. The molecule has 5 aromatic rings. The average Bonchev–Trinajstić information content (AvgIpc) is 3.56. The van der Waals surface area contributed by atoms with Gasteiger partial charge in [0.05, 0.1) is 17.3 Å². The third-order valence-electron chi connectivity index (χ3n) is 6.91. The molecule has 11 nitrogen and oxygen atoms in total. The SMILES string of the molecule is CC[C@@H](O)[C@@H]1CN(c2ncc3ncnc(Nc4ccc(Oc5ccn6ncnc6c5)c(Cl)c4)c3n2)C[C@@H]1C. The average molecular weight is 532 g/mol. The summed E-state index contributed by atoms with van der Waals surface area (Å²) in [5, 5.41) is 18.2.